The highest BCUT2D eigenvalue weighted by atomic mass is 19.1. The molecule has 3 nitrogen and oxygen atoms in total. The summed E-state index contributed by atoms with van der Waals surface area (Å²) in [7, 11) is 0. The summed E-state index contributed by atoms with van der Waals surface area (Å²) < 4.78 is 19.1. The van der Waals surface area contributed by atoms with Crippen LogP contribution < -0.4 is 0 Å². The van der Waals surface area contributed by atoms with Gasteiger partial charge in [0.05, 0.1) is 17.4 Å². The molecule has 1 N–H and O–H groups in total. The Kier molecular flexibility index (Phi) is 2.44. The molecule has 1 unspecified atom stereocenters. The molecule has 0 saturated heterocycles. The van der Waals surface area contributed by atoms with Crippen molar-refractivity contribution in [1.29, 1.82) is 0 Å². The average Bonchev–Trinajstić information content (AvgIpc) is 2.72. The highest BCUT2D eigenvalue weighted by molar-refractivity contribution is 5.54. The van der Waals surface area contributed by atoms with E-state index >= 15 is 0 Å². The second-order valence-corrected chi connectivity index (χ2v) is 4.27. The van der Waals surface area contributed by atoms with Crippen molar-refractivity contribution >= 4 is 0 Å². The largest absolute Gasteiger partial charge is 0.441 e. The summed E-state index contributed by atoms with van der Waals surface area (Å²) >= 11 is 0. The van der Waals surface area contributed by atoms with Crippen molar-refractivity contribution in [2.24, 2.45) is 0 Å². The lowest BCUT2D eigenvalue weighted by atomic mass is 9.99. The molecule has 1 aliphatic carbocycles. The van der Waals surface area contributed by atoms with Gasteiger partial charge in [-0.15, -0.1) is 0 Å². The molecule has 0 fully saturated rings. The van der Waals surface area contributed by atoms with Gasteiger partial charge in [-0.05, 0) is 25.0 Å². The highest BCUT2D eigenvalue weighted by Gasteiger charge is 2.23. The number of aromatic nitrogens is 1. The van der Waals surface area contributed by atoms with Gasteiger partial charge in [0, 0.05) is 6.42 Å². The first kappa shape index (κ1) is 10.5. The van der Waals surface area contributed by atoms with Crippen molar-refractivity contribution in [3.8, 4) is 11.5 Å². The van der Waals surface area contributed by atoms with Crippen molar-refractivity contribution in [2.45, 2.75) is 25.4 Å². The van der Waals surface area contributed by atoms with Crippen LogP contribution in [-0.4, -0.2) is 16.2 Å². The van der Waals surface area contributed by atoms with Gasteiger partial charge in [0.1, 0.15) is 11.6 Å². The average molecular weight is 233 g/mol. The number of halogens is 1. The minimum absolute atomic E-state index is 0.308. The molecular weight excluding hydrogens is 221 g/mol. The highest BCUT2D eigenvalue weighted by Crippen LogP contribution is 2.28. The molecule has 0 amide bonds. The molecule has 0 saturated carbocycles. The van der Waals surface area contributed by atoms with Crippen LogP contribution >= 0.6 is 0 Å². The lowest BCUT2D eigenvalue weighted by Gasteiger charge is -2.13. The van der Waals surface area contributed by atoms with Crippen LogP contribution in [0.5, 0.6) is 0 Å². The number of rotatable bonds is 1. The van der Waals surface area contributed by atoms with Crippen LogP contribution in [0.4, 0.5) is 4.39 Å². The van der Waals surface area contributed by atoms with Crippen LogP contribution in [-0.2, 0) is 12.8 Å². The minimum atomic E-state index is -0.371. The van der Waals surface area contributed by atoms with E-state index < -0.39 is 0 Å². The Labute approximate surface area is 97.9 Å². The van der Waals surface area contributed by atoms with Gasteiger partial charge in [0.25, 0.3) is 0 Å². The van der Waals surface area contributed by atoms with Gasteiger partial charge in [-0.25, -0.2) is 9.37 Å². The Morgan fingerprint density at radius 1 is 1.35 bits per heavy atom. The second kappa shape index (κ2) is 3.96. The van der Waals surface area contributed by atoms with Crippen molar-refractivity contribution in [2.75, 3.05) is 0 Å². The fourth-order valence-corrected chi connectivity index (χ4v) is 2.11. The molecule has 88 valence electrons. The summed E-state index contributed by atoms with van der Waals surface area (Å²) in [6, 6.07) is 6.40. The van der Waals surface area contributed by atoms with Crippen LogP contribution in [0, 0.1) is 5.82 Å². The molecule has 0 bridgehead atoms. The third kappa shape index (κ3) is 1.85. The van der Waals surface area contributed by atoms with Crippen LogP contribution in [0.3, 0.4) is 0 Å². The smallest absolute Gasteiger partial charge is 0.229 e. The van der Waals surface area contributed by atoms with Crippen molar-refractivity contribution in [3.05, 3.63) is 41.5 Å². The van der Waals surface area contributed by atoms with Gasteiger partial charge in [0.2, 0.25) is 5.89 Å². The minimum Gasteiger partial charge on any atom is -0.441 e. The molecule has 1 aliphatic rings. The fraction of sp³-hybridized carbons (Fsp3) is 0.308. The van der Waals surface area contributed by atoms with E-state index in [2.05, 4.69) is 4.98 Å². The fourth-order valence-electron chi connectivity index (χ4n) is 2.11. The Morgan fingerprint density at radius 2 is 2.18 bits per heavy atom. The number of aliphatic hydroxyl groups excluding tert-OH is 1. The zero-order valence-corrected chi connectivity index (χ0v) is 9.19. The van der Waals surface area contributed by atoms with Crippen molar-refractivity contribution in [3.63, 3.8) is 0 Å². The molecule has 1 aromatic heterocycles. The quantitative estimate of drug-likeness (QED) is 0.822. The first-order valence-corrected chi connectivity index (χ1v) is 5.65. The Hall–Kier alpha value is -1.68. The Balaban J connectivity index is 2.03. The number of aliphatic hydroxyl groups is 1. The Morgan fingerprint density at radius 3 is 3.00 bits per heavy atom. The summed E-state index contributed by atoms with van der Waals surface area (Å²) in [5.74, 6) is 0.649. The van der Waals surface area contributed by atoms with E-state index in [0.717, 1.165) is 5.69 Å². The molecular formula is C13H12FNO2. The first-order valence-electron chi connectivity index (χ1n) is 5.65. The maximum absolute atomic E-state index is 13.6. The van der Waals surface area contributed by atoms with Gasteiger partial charge in [-0.1, -0.05) is 12.1 Å². The topological polar surface area (TPSA) is 46.3 Å². The number of benzene rings is 1. The maximum Gasteiger partial charge on any atom is 0.229 e. The predicted octanol–water partition coefficient (Wildman–Crippen LogP) is 2.33. The summed E-state index contributed by atoms with van der Waals surface area (Å²) in [4.78, 5) is 4.30. The van der Waals surface area contributed by atoms with Crippen LogP contribution in [0.1, 0.15) is 17.9 Å². The zero-order valence-electron chi connectivity index (χ0n) is 9.19. The SMILES string of the molecule is OC1CCc2nc(-c3ccccc3F)oc2C1. The lowest BCUT2D eigenvalue weighted by molar-refractivity contribution is 0.150. The van der Waals surface area contributed by atoms with Gasteiger partial charge >= 0.3 is 0 Å². The summed E-state index contributed by atoms with van der Waals surface area (Å²) in [6.07, 6.45) is 1.48. The predicted molar refractivity (Wildman–Crippen MR) is 59.9 cm³/mol. The van der Waals surface area contributed by atoms with Crippen molar-refractivity contribution in [1.82, 2.24) is 4.98 Å². The van der Waals surface area contributed by atoms with E-state index in [1.165, 1.54) is 6.07 Å². The van der Waals surface area contributed by atoms with Gasteiger partial charge in [-0.3, -0.25) is 0 Å². The first-order chi connectivity index (χ1) is 8.24. The van der Waals surface area contributed by atoms with E-state index in [4.69, 9.17) is 4.42 Å². The number of aryl methyl sites for hydroxylation is 1. The number of fused-ring (bicyclic) bond motifs is 1. The van der Waals surface area contributed by atoms with E-state index in [1.54, 1.807) is 18.2 Å². The monoisotopic (exact) mass is 233 g/mol. The third-order valence-corrected chi connectivity index (χ3v) is 3.02. The number of oxazole rings is 1. The van der Waals surface area contributed by atoms with E-state index in [9.17, 15) is 9.50 Å². The van der Waals surface area contributed by atoms with Crippen LogP contribution in [0.15, 0.2) is 28.7 Å². The molecule has 1 atom stereocenters. The molecule has 0 aliphatic heterocycles. The maximum atomic E-state index is 13.6. The molecule has 0 radical (unpaired) electrons. The zero-order chi connectivity index (χ0) is 11.8. The van der Waals surface area contributed by atoms with Gasteiger partial charge in [0.15, 0.2) is 0 Å². The Bertz CT molecular complexity index is 550. The standard InChI is InChI=1S/C13H12FNO2/c14-10-4-2-1-3-9(10)13-15-11-6-5-8(16)7-12(11)17-13/h1-4,8,16H,5-7H2. The summed E-state index contributed by atoms with van der Waals surface area (Å²) in [5.41, 5.74) is 1.21. The number of nitrogens with zero attached hydrogens (tertiary/aromatic N) is 1. The van der Waals surface area contributed by atoms with E-state index in [-0.39, 0.29) is 11.9 Å². The molecule has 1 aromatic carbocycles. The number of hydrogen-bond acceptors (Lipinski definition) is 3. The molecule has 17 heavy (non-hydrogen) atoms. The van der Waals surface area contributed by atoms with E-state index in [0.29, 0.717) is 36.5 Å². The van der Waals surface area contributed by atoms with E-state index in [1.807, 2.05) is 0 Å². The normalized spacial score (nSPS) is 19.1. The second-order valence-electron chi connectivity index (χ2n) is 4.27. The van der Waals surface area contributed by atoms with Crippen LogP contribution in [0.25, 0.3) is 11.5 Å². The molecule has 0 spiro atoms. The van der Waals surface area contributed by atoms with Crippen molar-refractivity contribution < 1.29 is 13.9 Å². The summed E-state index contributed by atoms with van der Waals surface area (Å²) in [5, 5.41) is 9.53. The summed E-state index contributed by atoms with van der Waals surface area (Å²) in [6.45, 7) is 0. The molecule has 3 rings (SSSR count). The van der Waals surface area contributed by atoms with Gasteiger partial charge in [-0.2, -0.15) is 0 Å². The molecule has 4 heteroatoms. The van der Waals surface area contributed by atoms with Crippen LogP contribution in [0.2, 0.25) is 0 Å². The number of hydrogen-bond donors (Lipinski definition) is 1. The molecule has 2 aromatic rings. The van der Waals surface area contributed by atoms with Gasteiger partial charge < -0.3 is 9.52 Å². The molecule has 1 heterocycles. The lowest BCUT2D eigenvalue weighted by Crippen LogP contribution is -2.17. The third-order valence-electron chi connectivity index (χ3n) is 3.02.